The maximum atomic E-state index is 3.58. The second-order valence-corrected chi connectivity index (χ2v) is 5.70. The molecule has 1 N–H and O–H groups in total. The van der Waals surface area contributed by atoms with Crippen LogP contribution in [0.2, 0.25) is 0 Å². The predicted molar refractivity (Wildman–Crippen MR) is 80.3 cm³/mol. The maximum absolute atomic E-state index is 3.58. The van der Waals surface area contributed by atoms with Gasteiger partial charge < -0.3 is 5.32 Å². The number of hydrogen-bond acceptors (Lipinski definition) is 2. The van der Waals surface area contributed by atoms with Gasteiger partial charge in [0.25, 0.3) is 0 Å². The molecular weight excluding hydrogens is 238 g/mol. The van der Waals surface area contributed by atoms with Gasteiger partial charge in [-0.1, -0.05) is 44.2 Å². The third-order valence-electron chi connectivity index (χ3n) is 3.12. The van der Waals surface area contributed by atoms with E-state index < -0.39 is 0 Å². The minimum atomic E-state index is 0.430. The number of rotatable bonds is 6. The third-order valence-corrected chi connectivity index (χ3v) is 4.38. The van der Waals surface area contributed by atoms with Crippen molar-refractivity contribution >= 4 is 11.3 Å². The molecule has 1 heterocycles. The fourth-order valence-electron chi connectivity index (χ4n) is 2.16. The molecule has 0 radical (unpaired) electrons. The molecule has 0 aliphatic heterocycles. The minimum absolute atomic E-state index is 0.430. The lowest BCUT2D eigenvalue weighted by Crippen LogP contribution is -2.22. The maximum Gasteiger partial charge on any atom is 0.0368 e. The van der Waals surface area contributed by atoms with Crippen molar-refractivity contribution in [1.82, 2.24) is 5.32 Å². The highest BCUT2D eigenvalue weighted by atomic mass is 32.1. The quantitative estimate of drug-likeness (QED) is 0.819. The number of aryl methyl sites for hydroxylation is 1. The minimum Gasteiger partial charge on any atom is -0.310 e. The van der Waals surface area contributed by atoms with Gasteiger partial charge in [-0.05, 0) is 30.7 Å². The van der Waals surface area contributed by atoms with Gasteiger partial charge in [0, 0.05) is 22.2 Å². The van der Waals surface area contributed by atoms with Crippen molar-refractivity contribution < 1.29 is 0 Å². The van der Waals surface area contributed by atoms with Gasteiger partial charge >= 0.3 is 0 Å². The van der Waals surface area contributed by atoms with Gasteiger partial charge in [0.2, 0.25) is 0 Å². The van der Waals surface area contributed by atoms with Crippen LogP contribution < -0.4 is 5.32 Å². The molecule has 0 spiro atoms. The first-order valence-electron chi connectivity index (χ1n) is 6.69. The van der Waals surface area contributed by atoms with E-state index in [-0.39, 0.29) is 0 Å². The molecule has 0 saturated carbocycles. The van der Waals surface area contributed by atoms with E-state index in [1.807, 2.05) is 11.3 Å². The number of benzene rings is 1. The monoisotopic (exact) mass is 259 g/mol. The molecule has 96 valence electrons. The van der Waals surface area contributed by atoms with E-state index in [2.05, 4.69) is 61.6 Å². The Bertz CT molecular complexity index is 461. The topological polar surface area (TPSA) is 12.0 Å². The molecule has 0 aliphatic carbocycles. The summed E-state index contributed by atoms with van der Waals surface area (Å²) < 4.78 is 0. The van der Waals surface area contributed by atoms with Crippen LogP contribution >= 0.6 is 11.3 Å². The van der Waals surface area contributed by atoms with Gasteiger partial charge in [-0.3, -0.25) is 0 Å². The third kappa shape index (κ3) is 3.44. The van der Waals surface area contributed by atoms with Crippen molar-refractivity contribution in [3.05, 3.63) is 57.8 Å². The van der Waals surface area contributed by atoms with Crippen LogP contribution in [0.5, 0.6) is 0 Å². The molecule has 0 aliphatic rings. The summed E-state index contributed by atoms with van der Waals surface area (Å²) in [6, 6.07) is 15.7. The Morgan fingerprint density at radius 1 is 1.00 bits per heavy atom. The van der Waals surface area contributed by atoms with Crippen LogP contribution in [0.25, 0.3) is 0 Å². The highest BCUT2D eigenvalue weighted by Crippen LogP contribution is 2.24. The zero-order valence-electron chi connectivity index (χ0n) is 11.1. The van der Waals surface area contributed by atoms with Gasteiger partial charge in [0.05, 0.1) is 0 Å². The Balaban J connectivity index is 2.11. The van der Waals surface area contributed by atoms with Crippen molar-refractivity contribution in [1.29, 1.82) is 0 Å². The first-order chi connectivity index (χ1) is 8.83. The second-order valence-electron chi connectivity index (χ2n) is 4.45. The van der Waals surface area contributed by atoms with Crippen LogP contribution in [-0.2, 0) is 12.8 Å². The molecule has 2 rings (SSSR count). The lowest BCUT2D eigenvalue weighted by atomic mass is 10.0. The standard InChI is InChI=1S/C16H21NS/c1-3-14-10-11-15(18-14)12-16(17-4-2)13-8-6-5-7-9-13/h5-11,16-17H,3-4,12H2,1-2H3. The largest absolute Gasteiger partial charge is 0.310 e. The summed E-state index contributed by atoms with van der Waals surface area (Å²) in [5.41, 5.74) is 1.38. The van der Waals surface area contributed by atoms with Crippen LogP contribution in [0.1, 0.15) is 35.2 Å². The van der Waals surface area contributed by atoms with Crippen LogP contribution in [0.4, 0.5) is 0 Å². The molecule has 0 amide bonds. The van der Waals surface area contributed by atoms with E-state index >= 15 is 0 Å². The van der Waals surface area contributed by atoms with Gasteiger partial charge in [-0.2, -0.15) is 0 Å². The molecule has 1 atom stereocenters. The Morgan fingerprint density at radius 2 is 1.72 bits per heavy atom. The smallest absolute Gasteiger partial charge is 0.0368 e. The van der Waals surface area contributed by atoms with Crippen LogP contribution in [-0.4, -0.2) is 6.54 Å². The SMILES string of the molecule is CCNC(Cc1ccc(CC)s1)c1ccccc1. The van der Waals surface area contributed by atoms with Crippen LogP contribution in [0, 0.1) is 0 Å². The number of thiophene rings is 1. The molecule has 18 heavy (non-hydrogen) atoms. The average Bonchev–Trinajstić information content (AvgIpc) is 2.87. The second kappa shape index (κ2) is 6.72. The average molecular weight is 259 g/mol. The molecular formula is C16H21NS. The van der Waals surface area contributed by atoms with Gasteiger partial charge in [-0.25, -0.2) is 0 Å². The Labute approximate surface area is 114 Å². The first-order valence-corrected chi connectivity index (χ1v) is 7.51. The highest BCUT2D eigenvalue weighted by molar-refractivity contribution is 7.11. The summed E-state index contributed by atoms with van der Waals surface area (Å²) >= 11 is 1.94. The normalized spacial score (nSPS) is 12.6. The molecule has 1 aromatic heterocycles. The van der Waals surface area contributed by atoms with E-state index in [4.69, 9.17) is 0 Å². The van der Waals surface area contributed by atoms with E-state index in [0.717, 1.165) is 19.4 Å². The zero-order valence-corrected chi connectivity index (χ0v) is 12.0. The summed E-state index contributed by atoms with van der Waals surface area (Å²) in [6.07, 6.45) is 2.23. The molecule has 0 bridgehead atoms. The molecule has 1 unspecified atom stereocenters. The lowest BCUT2D eigenvalue weighted by Gasteiger charge is -2.17. The summed E-state index contributed by atoms with van der Waals surface area (Å²) in [5.74, 6) is 0. The summed E-state index contributed by atoms with van der Waals surface area (Å²) in [6.45, 7) is 5.39. The summed E-state index contributed by atoms with van der Waals surface area (Å²) in [5, 5.41) is 3.58. The number of likely N-dealkylation sites (N-methyl/N-ethyl adjacent to an activating group) is 1. The van der Waals surface area contributed by atoms with Gasteiger partial charge in [0.15, 0.2) is 0 Å². The first kappa shape index (κ1) is 13.3. The van der Waals surface area contributed by atoms with Crippen molar-refractivity contribution in [2.75, 3.05) is 6.54 Å². The van der Waals surface area contributed by atoms with E-state index in [9.17, 15) is 0 Å². The Morgan fingerprint density at radius 3 is 2.33 bits per heavy atom. The Hall–Kier alpha value is -1.12. The van der Waals surface area contributed by atoms with Crippen molar-refractivity contribution in [2.45, 2.75) is 32.7 Å². The van der Waals surface area contributed by atoms with Crippen molar-refractivity contribution in [2.24, 2.45) is 0 Å². The molecule has 1 nitrogen and oxygen atoms in total. The highest BCUT2D eigenvalue weighted by Gasteiger charge is 2.11. The van der Waals surface area contributed by atoms with Gasteiger partial charge in [0.1, 0.15) is 0 Å². The predicted octanol–water partition coefficient (Wildman–Crippen LogP) is 4.20. The molecule has 2 aromatic rings. The zero-order chi connectivity index (χ0) is 12.8. The van der Waals surface area contributed by atoms with E-state index in [1.165, 1.54) is 15.3 Å². The van der Waals surface area contributed by atoms with E-state index in [0.29, 0.717) is 6.04 Å². The lowest BCUT2D eigenvalue weighted by molar-refractivity contribution is 0.553. The fourth-order valence-corrected chi connectivity index (χ4v) is 3.17. The molecule has 0 saturated heterocycles. The fraction of sp³-hybridized carbons (Fsp3) is 0.375. The molecule has 1 aromatic carbocycles. The van der Waals surface area contributed by atoms with Crippen molar-refractivity contribution in [3.63, 3.8) is 0 Å². The van der Waals surface area contributed by atoms with Crippen molar-refractivity contribution in [3.8, 4) is 0 Å². The molecule has 0 fully saturated rings. The Kier molecular flexibility index (Phi) is 4.97. The summed E-state index contributed by atoms with van der Waals surface area (Å²) in [4.78, 5) is 2.95. The molecule has 2 heteroatoms. The van der Waals surface area contributed by atoms with E-state index in [1.54, 1.807) is 0 Å². The van der Waals surface area contributed by atoms with Crippen LogP contribution in [0.15, 0.2) is 42.5 Å². The van der Waals surface area contributed by atoms with Gasteiger partial charge in [-0.15, -0.1) is 11.3 Å². The number of nitrogens with one attached hydrogen (secondary N) is 1. The number of hydrogen-bond donors (Lipinski definition) is 1. The summed E-state index contributed by atoms with van der Waals surface area (Å²) in [7, 11) is 0. The van der Waals surface area contributed by atoms with Crippen LogP contribution in [0.3, 0.4) is 0 Å².